The number of sulfonamides is 1. The Bertz CT molecular complexity index is 1160. The quantitative estimate of drug-likeness (QED) is 0.626. The lowest BCUT2D eigenvalue weighted by molar-refractivity contribution is 0.0568. The number of aromatic nitrogens is 2. The number of hydrogen-bond acceptors (Lipinski definition) is 6. The molecule has 7 nitrogen and oxygen atoms in total. The van der Waals surface area contributed by atoms with Gasteiger partial charge in [-0.1, -0.05) is 18.2 Å². The van der Waals surface area contributed by atoms with Crippen molar-refractivity contribution < 1.29 is 13.2 Å². The summed E-state index contributed by atoms with van der Waals surface area (Å²) in [5.74, 6) is 0.428. The topological polar surface area (TPSA) is 75.6 Å². The van der Waals surface area contributed by atoms with Gasteiger partial charge in [-0.15, -0.1) is 0 Å². The molecule has 0 bridgehead atoms. The summed E-state index contributed by atoms with van der Waals surface area (Å²) in [5, 5.41) is 0. The molecule has 1 atom stereocenters. The van der Waals surface area contributed by atoms with Crippen molar-refractivity contribution in [3.63, 3.8) is 0 Å². The van der Waals surface area contributed by atoms with Crippen LogP contribution < -0.4 is 4.74 Å². The zero-order valence-electron chi connectivity index (χ0n) is 17.1. The summed E-state index contributed by atoms with van der Waals surface area (Å²) in [6, 6.07) is 16.5. The highest BCUT2D eigenvalue weighted by atomic mass is 32.2. The molecule has 0 unspecified atom stereocenters. The summed E-state index contributed by atoms with van der Waals surface area (Å²) in [4.78, 5) is 11.0. The van der Waals surface area contributed by atoms with Crippen LogP contribution >= 0.6 is 0 Å². The fourth-order valence-electron chi connectivity index (χ4n) is 4.39. The van der Waals surface area contributed by atoms with E-state index in [2.05, 4.69) is 14.9 Å². The molecule has 2 aliphatic heterocycles. The van der Waals surface area contributed by atoms with Crippen LogP contribution in [0.3, 0.4) is 0 Å². The maximum Gasteiger partial charge on any atom is 0.247 e. The molecule has 0 amide bonds. The van der Waals surface area contributed by atoms with E-state index in [1.54, 1.807) is 36.8 Å². The first-order chi connectivity index (χ1) is 15.0. The molecule has 160 valence electrons. The van der Waals surface area contributed by atoms with Gasteiger partial charge < -0.3 is 4.74 Å². The Hall–Kier alpha value is -2.81. The molecule has 2 aromatic heterocycles. The Morgan fingerprint density at radius 3 is 2.55 bits per heavy atom. The van der Waals surface area contributed by atoms with Gasteiger partial charge in [0.2, 0.25) is 10.0 Å². The van der Waals surface area contributed by atoms with Gasteiger partial charge in [-0.2, -0.15) is 4.31 Å². The Morgan fingerprint density at radius 2 is 1.74 bits per heavy atom. The second-order valence-electron chi connectivity index (χ2n) is 8.14. The smallest absolute Gasteiger partial charge is 0.247 e. The zero-order chi connectivity index (χ0) is 21.3. The Kier molecular flexibility index (Phi) is 5.21. The van der Waals surface area contributed by atoms with Gasteiger partial charge in [0.05, 0.1) is 18.8 Å². The summed E-state index contributed by atoms with van der Waals surface area (Å²) in [6.07, 6.45) is 6.02. The van der Waals surface area contributed by atoms with E-state index in [0.717, 1.165) is 19.5 Å². The molecule has 0 radical (unpaired) electrons. The van der Waals surface area contributed by atoms with Gasteiger partial charge in [0, 0.05) is 44.6 Å². The van der Waals surface area contributed by atoms with Crippen LogP contribution in [-0.2, 0) is 23.1 Å². The lowest BCUT2D eigenvalue weighted by Gasteiger charge is -2.32. The van der Waals surface area contributed by atoms with Crippen molar-refractivity contribution in [2.75, 3.05) is 19.6 Å². The van der Waals surface area contributed by atoms with Gasteiger partial charge in [-0.25, -0.2) is 8.42 Å². The molecule has 1 aromatic carbocycles. The molecule has 1 fully saturated rings. The molecule has 8 heteroatoms. The fraction of sp³-hybridized carbons (Fsp3) is 0.304. The second kappa shape index (κ2) is 8.03. The first-order valence-electron chi connectivity index (χ1n) is 10.3. The number of likely N-dealkylation sites (tertiary alicyclic amines) is 1. The minimum absolute atomic E-state index is 0.215. The number of hydrogen-bond donors (Lipinski definition) is 0. The SMILES string of the molecule is O=S1(=O)c2ccccc2O[C@]2(CCN(Cc3ccncc3)C2)CN1Cc1ccccn1. The van der Waals surface area contributed by atoms with E-state index < -0.39 is 15.6 Å². The number of fused-ring (bicyclic) bond motifs is 1. The van der Waals surface area contributed by atoms with Crippen molar-refractivity contribution in [2.24, 2.45) is 0 Å². The Morgan fingerprint density at radius 1 is 0.935 bits per heavy atom. The summed E-state index contributed by atoms with van der Waals surface area (Å²) in [6.45, 7) is 2.77. The van der Waals surface area contributed by atoms with E-state index in [1.807, 2.05) is 36.4 Å². The Balaban J connectivity index is 1.47. The van der Waals surface area contributed by atoms with Crippen molar-refractivity contribution in [2.45, 2.75) is 30.0 Å². The van der Waals surface area contributed by atoms with Crippen LogP contribution in [0.5, 0.6) is 5.75 Å². The van der Waals surface area contributed by atoms with Gasteiger partial charge in [0.15, 0.2) is 0 Å². The number of benzene rings is 1. The predicted octanol–water partition coefficient (Wildman–Crippen LogP) is 2.70. The van der Waals surface area contributed by atoms with Crippen LogP contribution in [0.2, 0.25) is 0 Å². The highest BCUT2D eigenvalue weighted by molar-refractivity contribution is 7.89. The van der Waals surface area contributed by atoms with Crippen molar-refractivity contribution >= 4 is 10.0 Å². The molecule has 31 heavy (non-hydrogen) atoms. The van der Waals surface area contributed by atoms with Crippen molar-refractivity contribution in [3.05, 3.63) is 84.4 Å². The largest absolute Gasteiger partial charge is 0.483 e. The average molecular weight is 437 g/mol. The first kappa shape index (κ1) is 20.1. The van der Waals surface area contributed by atoms with E-state index in [1.165, 1.54) is 9.87 Å². The summed E-state index contributed by atoms with van der Waals surface area (Å²) < 4.78 is 35.1. The van der Waals surface area contributed by atoms with Crippen LogP contribution in [0.1, 0.15) is 17.7 Å². The van der Waals surface area contributed by atoms with Crippen LogP contribution in [0.4, 0.5) is 0 Å². The third kappa shape index (κ3) is 4.06. The standard InChI is InChI=1S/C23H24N4O3S/c28-31(29)22-7-2-1-6-21(22)30-23(18-27(31)16-20-5-3-4-11-25-20)10-14-26(17-23)15-19-8-12-24-13-9-19/h1-9,11-13H,10,14-18H2/t23-/m0/s1. The molecule has 1 spiro atoms. The zero-order valence-corrected chi connectivity index (χ0v) is 17.9. The Labute approximate surface area is 182 Å². The van der Waals surface area contributed by atoms with Gasteiger partial charge in [0.1, 0.15) is 16.2 Å². The first-order valence-corrected chi connectivity index (χ1v) is 11.8. The molecule has 0 saturated carbocycles. The molecule has 2 aliphatic rings. The molecular formula is C23H24N4O3S. The van der Waals surface area contributed by atoms with Gasteiger partial charge in [0.25, 0.3) is 0 Å². The average Bonchev–Trinajstić information content (AvgIpc) is 3.13. The number of ether oxygens (including phenoxy) is 1. The number of pyridine rings is 2. The lowest BCUT2D eigenvalue weighted by Crippen LogP contribution is -2.49. The summed E-state index contributed by atoms with van der Waals surface area (Å²) in [5.41, 5.74) is 1.29. The van der Waals surface area contributed by atoms with Crippen LogP contribution in [-0.4, -0.2) is 52.8 Å². The highest BCUT2D eigenvalue weighted by Crippen LogP contribution is 2.39. The molecule has 3 aromatic rings. The third-order valence-corrected chi connectivity index (χ3v) is 7.70. The number of rotatable bonds is 4. The van der Waals surface area contributed by atoms with Crippen molar-refractivity contribution in [3.8, 4) is 5.75 Å². The fourth-order valence-corrected chi connectivity index (χ4v) is 5.99. The molecule has 1 saturated heterocycles. The molecular weight excluding hydrogens is 412 g/mol. The van der Waals surface area contributed by atoms with Gasteiger partial charge in [-0.05, 0) is 42.0 Å². The third-order valence-electron chi connectivity index (χ3n) is 5.87. The van der Waals surface area contributed by atoms with E-state index in [4.69, 9.17) is 4.74 Å². The summed E-state index contributed by atoms with van der Waals surface area (Å²) >= 11 is 0. The normalized spacial score (nSPS) is 23.2. The minimum atomic E-state index is -3.72. The van der Waals surface area contributed by atoms with Crippen molar-refractivity contribution in [1.29, 1.82) is 0 Å². The monoisotopic (exact) mass is 436 g/mol. The second-order valence-corrected chi connectivity index (χ2v) is 10.0. The van der Waals surface area contributed by atoms with E-state index in [0.29, 0.717) is 18.0 Å². The molecule has 0 aliphatic carbocycles. The van der Waals surface area contributed by atoms with E-state index >= 15 is 0 Å². The maximum atomic E-state index is 13.5. The maximum absolute atomic E-state index is 13.5. The van der Waals surface area contributed by atoms with Gasteiger partial charge >= 0.3 is 0 Å². The number of nitrogens with zero attached hydrogens (tertiary/aromatic N) is 4. The summed E-state index contributed by atoms with van der Waals surface area (Å²) in [7, 11) is -3.72. The van der Waals surface area contributed by atoms with Crippen LogP contribution in [0.15, 0.2) is 78.1 Å². The van der Waals surface area contributed by atoms with Crippen molar-refractivity contribution in [1.82, 2.24) is 19.2 Å². The van der Waals surface area contributed by atoms with Crippen LogP contribution in [0.25, 0.3) is 0 Å². The highest BCUT2D eigenvalue weighted by Gasteiger charge is 2.47. The van der Waals surface area contributed by atoms with Crippen LogP contribution in [0, 0.1) is 0 Å². The van der Waals surface area contributed by atoms with E-state index in [9.17, 15) is 8.42 Å². The minimum Gasteiger partial charge on any atom is -0.483 e. The number of para-hydroxylation sites is 1. The van der Waals surface area contributed by atoms with E-state index in [-0.39, 0.29) is 18.0 Å². The predicted molar refractivity (Wildman–Crippen MR) is 116 cm³/mol. The molecule has 4 heterocycles. The van der Waals surface area contributed by atoms with Gasteiger partial charge in [-0.3, -0.25) is 14.9 Å². The molecule has 0 N–H and O–H groups in total. The lowest BCUT2D eigenvalue weighted by atomic mass is 10.0. The molecule has 5 rings (SSSR count).